The molecule has 0 unspecified atom stereocenters. The van der Waals surface area contributed by atoms with Crippen molar-refractivity contribution in [3.63, 3.8) is 0 Å². The van der Waals surface area contributed by atoms with Gasteiger partial charge in [-0.3, -0.25) is 4.79 Å². The number of nitriles is 1. The molecule has 0 bridgehead atoms. The van der Waals surface area contributed by atoms with Crippen LogP contribution in [0.3, 0.4) is 0 Å². The van der Waals surface area contributed by atoms with Crippen molar-refractivity contribution >= 4 is 12.0 Å². The molecule has 0 fully saturated rings. The van der Waals surface area contributed by atoms with E-state index < -0.39 is 0 Å². The minimum Gasteiger partial charge on any atom is -0.348 e. The van der Waals surface area contributed by atoms with Gasteiger partial charge in [0.05, 0.1) is 0 Å². The second kappa shape index (κ2) is 6.76. The number of aromatic nitrogens is 1. The van der Waals surface area contributed by atoms with Gasteiger partial charge in [-0.05, 0) is 45.4 Å². The third kappa shape index (κ3) is 3.39. The SMILES string of the molecule is C=CCNC(=O)/C(C#N)=C/c1cc(C)n(C(C)C)c1C. The fourth-order valence-electron chi connectivity index (χ4n) is 2.31. The number of amides is 1. The van der Waals surface area contributed by atoms with E-state index in [4.69, 9.17) is 5.26 Å². The minimum absolute atomic E-state index is 0.107. The molecule has 106 valence electrons. The lowest BCUT2D eigenvalue weighted by Crippen LogP contribution is -2.24. The predicted octanol–water partition coefficient (Wildman–Crippen LogP) is 2.90. The van der Waals surface area contributed by atoms with Crippen LogP contribution in [0.15, 0.2) is 24.3 Å². The topological polar surface area (TPSA) is 57.8 Å². The van der Waals surface area contributed by atoms with Crippen LogP contribution in [-0.4, -0.2) is 17.0 Å². The van der Waals surface area contributed by atoms with E-state index in [1.165, 1.54) is 0 Å². The molecule has 20 heavy (non-hydrogen) atoms. The van der Waals surface area contributed by atoms with Crippen LogP contribution in [0.5, 0.6) is 0 Å². The Morgan fingerprint density at radius 3 is 2.65 bits per heavy atom. The van der Waals surface area contributed by atoms with Crippen LogP contribution in [-0.2, 0) is 4.79 Å². The first-order chi connectivity index (χ1) is 9.42. The summed E-state index contributed by atoms with van der Waals surface area (Å²) in [5, 5.41) is 11.7. The molecule has 1 amide bonds. The summed E-state index contributed by atoms with van der Waals surface area (Å²) in [5.74, 6) is -0.373. The molecule has 0 atom stereocenters. The Labute approximate surface area is 120 Å². The van der Waals surface area contributed by atoms with Crippen molar-refractivity contribution in [3.8, 4) is 6.07 Å². The Bertz CT molecular complexity index is 586. The summed E-state index contributed by atoms with van der Waals surface area (Å²) < 4.78 is 2.18. The van der Waals surface area contributed by atoms with Crippen LogP contribution < -0.4 is 5.32 Å². The summed E-state index contributed by atoms with van der Waals surface area (Å²) in [4.78, 5) is 11.8. The molecular weight excluding hydrogens is 250 g/mol. The number of hydrogen-bond donors (Lipinski definition) is 1. The first-order valence-electron chi connectivity index (χ1n) is 6.61. The summed E-state index contributed by atoms with van der Waals surface area (Å²) in [7, 11) is 0. The van der Waals surface area contributed by atoms with E-state index in [2.05, 4.69) is 30.3 Å². The van der Waals surface area contributed by atoms with E-state index >= 15 is 0 Å². The molecule has 0 aliphatic carbocycles. The van der Waals surface area contributed by atoms with Crippen molar-refractivity contribution in [3.05, 3.63) is 41.2 Å². The molecular formula is C16H21N3O. The maximum absolute atomic E-state index is 11.8. The average molecular weight is 271 g/mol. The number of nitrogens with zero attached hydrogens (tertiary/aromatic N) is 2. The number of hydrogen-bond acceptors (Lipinski definition) is 2. The molecule has 0 saturated heterocycles. The molecule has 4 heteroatoms. The maximum atomic E-state index is 11.8. The highest BCUT2D eigenvalue weighted by Crippen LogP contribution is 2.22. The van der Waals surface area contributed by atoms with Gasteiger partial charge in [-0.2, -0.15) is 5.26 Å². The van der Waals surface area contributed by atoms with Gasteiger partial charge >= 0.3 is 0 Å². The van der Waals surface area contributed by atoms with Crippen molar-refractivity contribution in [2.45, 2.75) is 33.7 Å². The van der Waals surface area contributed by atoms with Crippen LogP contribution in [0.2, 0.25) is 0 Å². The smallest absolute Gasteiger partial charge is 0.262 e. The Balaban J connectivity index is 3.15. The summed E-state index contributed by atoms with van der Waals surface area (Å²) in [6.07, 6.45) is 3.22. The van der Waals surface area contributed by atoms with Gasteiger partial charge in [0.15, 0.2) is 0 Å². The van der Waals surface area contributed by atoms with E-state index in [0.717, 1.165) is 17.0 Å². The van der Waals surface area contributed by atoms with Gasteiger partial charge in [0, 0.05) is 24.0 Å². The number of carbonyl (C=O) groups excluding carboxylic acids is 1. The fourth-order valence-corrected chi connectivity index (χ4v) is 2.31. The Hall–Kier alpha value is -2.28. The lowest BCUT2D eigenvalue weighted by atomic mass is 10.1. The quantitative estimate of drug-likeness (QED) is 0.508. The van der Waals surface area contributed by atoms with Gasteiger partial charge in [0.2, 0.25) is 0 Å². The van der Waals surface area contributed by atoms with Crippen molar-refractivity contribution in [1.29, 1.82) is 5.26 Å². The lowest BCUT2D eigenvalue weighted by Gasteiger charge is -2.13. The largest absolute Gasteiger partial charge is 0.348 e. The zero-order chi connectivity index (χ0) is 15.3. The Morgan fingerprint density at radius 1 is 1.55 bits per heavy atom. The summed E-state index contributed by atoms with van der Waals surface area (Å²) in [6.45, 7) is 12.1. The monoisotopic (exact) mass is 271 g/mol. The molecule has 0 radical (unpaired) electrons. The molecule has 0 spiro atoms. The molecule has 0 aromatic carbocycles. The van der Waals surface area contributed by atoms with Crippen molar-refractivity contribution in [2.75, 3.05) is 6.54 Å². The van der Waals surface area contributed by atoms with E-state index in [-0.39, 0.29) is 11.5 Å². The van der Waals surface area contributed by atoms with Crippen molar-refractivity contribution in [1.82, 2.24) is 9.88 Å². The second-order valence-electron chi connectivity index (χ2n) is 4.96. The van der Waals surface area contributed by atoms with E-state index in [1.807, 2.05) is 26.0 Å². The Morgan fingerprint density at radius 2 is 2.20 bits per heavy atom. The summed E-state index contributed by atoms with van der Waals surface area (Å²) >= 11 is 0. The fraction of sp³-hybridized carbons (Fsp3) is 0.375. The van der Waals surface area contributed by atoms with Gasteiger partial charge in [-0.1, -0.05) is 6.08 Å². The first kappa shape index (κ1) is 15.8. The van der Waals surface area contributed by atoms with E-state index in [0.29, 0.717) is 12.6 Å². The van der Waals surface area contributed by atoms with Crippen LogP contribution in [0.25, 0.3) is 6.08 Å². The van der Waals surface area contributed by atoms with Gasteiger partial charge < -0.3 is 9.88 Å². The molecule has 1 aromatic rings. The van der Waals surface area contributed by atoms with Gasteiger partial charge in [-0.15, -0.1) is 6.58 Å². The van der Waals surface area contributed by atoms with E-state index in [1.54, 1.807) is 12.2 Å². The molecule has 1 N–H and O–H groups in total. The van der Waals surface area contributed by atoms with Crippen molar-refractivity contribution in [2.24, 2.45) is 0 Å². The zero-order valence-electron chi connectivity index (χ0n) is 12.5. The van der Waals surface area contributed by atoms with Crippen LogP contribution >= 0.6 is 0 Å². The predicted molar refractivity (Wildman–Crippen MR) is 81.1 cm³/mol. The number of rotatable bonds is 5. The Kier molecular flexibility index (Phi) is 5.33. The van der Waals surface area contributed by atoms with Gasteiger partial charge in [0.25, 0.3) is 5.91 Å². The van der Waals surface area contributed by atoms with E-state index in [9.17, 15) is 4.79 Å². The molecule has 0 saturated carbocycles. The number of nitrogens with one attached hydrogen (secondary N) is 1. The minimum atomic E-state index is -0.373. The van der Waals surface area contributed by atoms with Crippen molar-refractivity contribution < 1.29 is 4.79 Å². The van der Waals surface area contributed by atoms with Crippen LogP contribution in [0, 0.1) is 25.2 Å². The zero-order valence-corrected chi connectivity index (χ0v) is 12.5. The maximum Gasteiger partial charge on any atom is 0.262 e. The summed E-state index contributed by atoms with van der Waals surface area (Å²) in [5.41, 5.74) is 3.19. The standard InChI is InChI=1S/C16H21N3O/c1-6-7-18-16(20)15(10-17)9-14-8-12(4)19(11(2)3)13(14)5/h6,8-9,11H,1,7H2,2-5H3,(H,18,20)/b15-9+. The third-order valence-electron chi connectivity index (χ3n) is 3.11. The average Bonchev–Trinajstić information content (AvgIpc) is 2.67. The van der Waals surface area contributed by atoms with Gasteiger partial charge in [0.1, 0.15) is 11.6 Å². The molecule has 1 rings (SSSR count). The summed E-state index contributed by atoms with van der Waals surface area (Å²) in [6, 6.07) is 4.29. The highest BCUT2D eigenvalue weighted by atomic mass is 16.1. The molecule has 0 aliphatic rings. The molecule has 1 heterocycles. The number of aryl methyl sites for hydroxylation is 1. The third-order valence-corrected chi connectivity index (χ3v) is 3.11. The lowest BCUT2D eigenvalue weighted by molar-refractivity contribution is -0.116. The number of carbonyl (C=O) groups is 1. The molecule has 0 aliphatic heterocycles. The highest BCUT2D eigenvalue weighted by molar-refractivity contribution is 6.01. The highest BCUT2D eigenvalue weighted by Gasteiger charge is 2.13. The molecule has 4 nitrogen and oxygen atoms in total. The first-order valence-corrected chi connectivity index (χ1v) is 6.61. The van der Waals surface area contributed by atoms with Gasteiger partial charge in [-0.25, -0.2) is 0 Å². The normalized spacial score (nSPS) is 11.3. The van der Waals surface area contributed by atoms with Crippen LogP contribution in [0.4, 0.5) is 0 Å². The molecule has 1 aromatic heterocycles. The second-order valence-corrected chi connectivity index (χ2v) is 4.96. The van der Waals surface area contributed by atoms with Crippen LogP contribution in [0.1, 0.15) is 36.8 Å².